The molecule has 0 saturated carbocycles. The van der Waals surface area contributed by atoms with Crippen LogP contribution in [0.4, 0.5) is 0 Å². The highest BCUT2D eigenvalue weighted by Gasteiger charge is 2.14. The van der Waals surface area contributed by atoms with E-state index in [9.17, 15) is 5.11 Å². The van der Waals surface area contributed by atoms with Crippen LogP contribution in [0.5, 0.6) is 0 Å². The van der Waals surface area contributed by atoms with Crippen LogP contribution < -0.4 is 0 Å². The van der Waals surface area contributed by atoms with Gasteiger partial charge in [0.2, 0.25) is 0 Å². The van der Waals surface area contributed by atoms with Crippen LogP contribution in [0.25, 0.3) is 0 Å². The van der Waals surface area contributed by atoms with Crippen LogP contribution in [-0.2, 0) is 14.6 Å². The average molecular weight is 117 g/mol. The zero-order valence-electron chi connectivity index (χ0n) is 4.63. The fraction of sp³-hybridized carbons (Fsp3) is 1.00. The lowest BCUT2D eigenvalue weighted by atomic mass is 10.4. The number of rotatable bonds is 2. The highest BCUT2D eigenvalue weighted by atomic mass is 16.7. The Labute approximate surface area is 48.2 Å². The van der Waals surface area contributed by atoms with Gasteiger partial charge in [0.15, 0.2) is 6.29 Å². The van der Waals surface area contributed by atoms with Crippen LogP contribution in [0.2, 0.25) is 0 Å². The molecule has 0 unspecified atom stereocenters. The zero-order valence-corrected chi connectivity index (χ0v) is 4.63. The number of ether oxygens (including phenoxy) is 2. The fourth-order valence-electron chi connectivity index (χ4n) is 0.670. The first-order valence-electron chi connectivity index (χ1n) is 2.75. The summed E-state index contributed by atoms with van der Waals surface area (Å²) in [6.45, 7) is 1.18. The fourth-order valence-corrected chi connectivity index (χ4v) is 0.670. The van der Waals surface area contributed by atoms with Crippen molar-refractivity contribution in [1.82, 2.24) is 0 Å². The molecule has 0 aromatic rings. The summed E-state index contributed by atoms with van der Waals surface area (Å²) in [4.78, 5) is 0. The maximum Gasteiger partial charge on any atom is 0.160 e. The summed E-state index contributed by atoms with van der Waals surface area (Å²) in [5.41, 5.74) is 0. The van der Waals surface area contributed by atoms with Crippen LogP contribution >= 0.6 is 0 Å². The van der Waals surface area contributed by atoms with Crippen molar-refractivity contribution in [1.29, 1.82) is 0 Å². The van der Waals surface area contributed by atoms with E-state index in [-0.39, 0.29) is 12.9 Å². The molecule has 0 N–H and O–H groups in total. The smallest absolute Gasteiger partial charge is 0.160 e. The van der Waals surface area contributed by atoms with Crippen molar-refractivity contribution in [3.63, 3.8) is 0 Å². The second kappa shape index (κ2) is 3.02. The normalized spacial score (nSPS) is 22.1. The van der Waals surface area contributed by atoms with Crippen LogP contribution in [-0.4, -0.2) is 26.1 Å². The van der Waals surface area contributed by atoms with E-state index in [1.807, 2.05) is 0 Å². The molecule has 0 atom stereocenters. The lowest BCUT2D eigenvalue weighted by Crippen LogP contribution is -2.08. The first-order valence-corrected chi connectivity index (χ1v) is 2.75. The molecule has 8 heavy (non-hydrogen) atoms. The molecule has 0 bridgehead atoms. The molecule has 3 nitrogen and oxygen atoms in total. The minimum Gasteiger partial charge on any atom is -0.350 e. The van der Waals surface area contributed by atoms with Crippen LogP contribution in [0.15, 0.2) is 0 Å². The van der Waals surface area contributed by atoms with Gasteiger partial charge in [0.1, 0.15) is 0 Å². The van der Waals surface area contributed by atoms with E-state index in [2.05, 4.69) is 0 Å². The van der Waals surface area contributed by atoms with Crippen LogP contribution in [0, 0.1) is 0 Å². The second-order valence-electron chi connectivity index (χ2n) is 1.66. The molecule has 1 aliphatic heterocycles. The minimum absolute atomic E-state index is 0.106. The van der Waals surface area contributed by atoms with E-state index in [1.54, 1.807) is 0 Å². The van der Waals surface area contributed by atoms with Gasteiger partial charge in [-0.1, -0.05) is 0 Å². The summed E-state index contributed by atoms with van der Waals surface area (Å²) in [5, 5.41) is 9.93. The summed E-state index contributed by atoms with van der Waals surface area (Å²) in [5.74, 6) is 0. The summed E-state index contributed by atoms with van der Waals surface area (Å²) < 4.78 is 9.94. The molecule has 0 amide bonds. The van der Waals surface area contributed by atoms with Crippen LogP contribution in [0.1, 0.15) is 6.42 Å². The standard InChI is InChI=1S/C5H9O3/c6-2-1-5-7-3-4-8-5/h5H,1-4H2. The summed E-state index contributed by atoms with van der Waals surface area (Å²) in [6, 6.07) is 0. The van der Waals surface area contributed by atoms with Gasteiger partial charge in [-0.15, -0.1) is 0 Å². The van der Waals surface area contributed by atoms with Crippen molar-refractivity contribution >= 4 is 0 Å². The molecule has 1 heterocycles. The number of hydrogen-bond donors (Lipinski definition) is 0. The maximum atomic E-state index is 9.93. The molecule has 1 saturated heterocycles. The van der Waals surface area contributed by atoms with Gasteiger partial charge in [-0.2, -0.15) is 0 Å². The molecule has 0 aromatic carbocycles. The molecule has 1 radical (unpaired) electrons. The van der Waals surface area contributed by atoms with E-state index >= 15 is 0 Å². The van der Waals surface area contributed by atoms with Gasteiger partial charge in [0, 0.05) is 6.42 Å². The van der Waals surface area contributed by atoms with Gasteiger partial charge in [0.25, 0.3) is 0 Å². The molecule has 0 aliphatic carbocycles. The Balaban J connectivity index is 2.06. The van der Waals surface area contributed by atoms with Gasteiger partial charge in [-0.05, 0) is 0 Å². The van der Waals surface area contributed by atoms with E-state index in [1.165, 1.54) is 0 Å². The predicted octanol–water partition coefficient (Wildman–Crippen LogP) is 0.180. The van der Waals surface area contributed by atoms with Gasteiger partial charge in [0.05, 0.1) is 19.8 Å². The Morgan fingerprint density at radius 1 is 1.38 bits per heavy atom. The Bertz CT molecular complexity index is 58.7. The quantitative estimate of drug-likeness (QED) is 0.517. The molecule has 47 valence electrons. The van der Waals surface area contributed by atoms with Crippen molar-refractivity contribution in [2.75, 3.05) is 19.8 Å². The molecular weight excluding hydrogens is 108 g/mol. The first kappa shape index (κ1) is 6.01. The third-order valence-corrected chi connectivity index (χ3v) is 1.04. The number of hydrogen-bond acceptors (Lipinski definition) is 2. The summed E-state index contributed by atoms with van der Waals surface area (Å²) >= 11 is 0. The first-order chi connectivity index (χ1) is 3.93. The molecule has 1 aliphatic rings. The highest BCUT2D eigenvalue weighted by molar-refractivity contribution is 4.49. The van der Waals surface area contributed by atoms with Crippen molar-refractivity contribution in [3.8, 4) is 0 Å². The topological polar surface area (TPSA) is 38.4 Å². The maximum absolute atomic E-state index is 9.93. The molecule has 0 aromatic heterocycles. The Kier molecular flexibility index (Phi) is 2.27. The van der Waals surface area contributed by atoms with Crippen molar-refractivity contribution in [2.24, 2.45) is 0 Å². The molecule has 1 fully saturated rings. The second-order valence-corrected chi connectivity index (χ2v) is 1.66. The molecular formula is C5H9O3. The predicted molar refractivity (Wildman–Crippen MR) is 25.9 cm³/mol. The van der Waals surface area contributed by atoms with E-state index in [0.29, 0.717) is 19.6 Å². The van der Waals surface area contributed by atoms with Gasteiger partial charge in [-0.25, -0.2) is 5.11 Å². The van der Waals surface area contributed by atoms with Gasteiger partial charge >= 0.3 is 0 Å². The molecule has 3 heteroatoms. The Morgan fingerprint density at radius 2 is 2.00 bits per heavy atom. The SMILES string of the molecule is [O]CCC1OCCO1. The lowest BCUT2D eigenvalue weighted by Gasteiger charge is -2.03. The molecule has 1 rings (SSSR count). The minimum atomic E-state index is -0.201. The van der Waals surface area contributed by atoms with Crippen molar-refractivity contribution in [2.45, 2.75) is 12.7 Å². The average Bonchev–Trinajstić information content (AvgIpc) is 2.19. The monoisotopic (exact) mass is 117 g/mol. The van der Waals surface area contributed by atoms with E-state index in [4.69, 9.17) is 9.47 Å². The van der Waals surface area contributed by atoms with Crippen molar-refractivity contribution < 1.29 is 14.6 Å². The Hall–Kier alpha value is -0.120. The highest BCUT2D eigenvalue weighted by Crippen LogP contribution is 2.05. The lowest BCUT2D eigenvalue weighted by molar-refractivity contribution is -0.0601. The Morgan fingerprint density at radius 3 is 2.50 bits per heavy atom. The third-order valence-electron chi connectivity index (χ3n) is 1.04. The molecule has 0 spiro atoms. The van der Waals surface area contributed by atoms with E-state index in [0.717, 1.165) is 0 Å². The van der Waals surface area contributed by atoms with Gasteiger partial charge in [-0.3, -0.25) is 0 Å². The summed E-state index contributed by atoms with van der Waals surface area (Å²) in [7, 11) is 0. The largest absolute Gasteiger partial charge is 0.350 e. The summed E-state index contributed by atoms with van der Waals surface area (Å²) in [6.07, 6.45) is 0.285. The van der Waals surface area contributed by atoms with E-state index < -0.39 is 0 Å². The van der Waals surface area contributed by atoms with Crippen LogP contribution in [0.3, 0.4) is 0 Å². The third kappa shape index (κ3) is 1.43. The van der Waals surface area contributed by atoms with Gasteiger partial charge < -0.3 is 9.47 Å². The zero-order chi connectivity index (χ0) is 5.82. The van der Waals surface area contributed by atoms with Crippen molar-refractivity contribution in [3.05, 3.63) is 0 Å².